The first-order valence-corrected chi connectivity index (χ1v) is 8.19. The fourth-order valence-corrected chi connectivity index (χ4v) is 2.37. The number of para-hydroxylation sites is 1. The van der Waals surface area contributed by atoms with E-state index in [4.69, 9.17) is 33.0 Å². The van der Waals surface area contributed by atoms with Gasteiger partial charge < -0.3 is 14.5 Å². The molecule has 0 aliphatic carbocycles. The third-order valence-corrected chi connectivity index (χ3v) is 3.72. The van der Waals surface area contributed by atoms with Crippen molar-refractivity contribution in [3.05, 3.63) is 70.3 Å². The zero-order valence-electron chi connectivity index (χ0n) is 13.0. The van der Waals surface area contributed by atoms with Crippen molar-refractivity contribution in [3.8, 4) is 5.75 Å². The fraction of sp³-hybridized carbons (Fsp3) is 0.118. The van der Waals surface area contributed by atoms with Gasteiger partial charge in [-0.05, 0) is 48.6 Å². The van der Waals surface area contributed by atoms with Crippen LogP contribution in [0.1, 0.15) is 5.89 Å². The first kappa shape index (κ1) is 17.2. The Morgan fingerprint density at radius 1 is 1.20 bits per heavy atom. The summed E-state index contributed by atoms with van der Waals surface area (Å²) >= 11 is 10.9. The molecule has 0 bridgehead atoms. The number of hydrogen-bond acceptors (Lipinski definition) is 5. The molecule has 2 aromatic carbocycles. The van der Waals surface area contributed by atoms with E-state index in [9.17, 15) is 4.79 Å². The number of anilines is 1. The van der Waals surface area contributed by atoms with Crippen molar-refractivity contribution >= 4 is 35.4 Å². The van der Waals surface area contributed by atoms with Crippen LogP contribution in [0.5, 0.6) is 5.75 Å². The molecule has 0 fully saturated rings. The molecule has 0 saturated carbocycles. The van der Waals surface area contributed by atoms with Crippen LogP contribution in [-0.2, 0) is 17.9 Å². The SMILES string of the molecule is O=C(Cn1nc(COc2ccccc2)oc1=S)Nc1ccc(Cl)cc1. The van der Waals surface area contributed by atoms with Gasteiger partial charge in [0.05, 0.1) is 0 Å². The number of nitrogens with one attached hydrogen (secondary N) is 1. The van der Waals surface area contributed by atoms with Gasteiger partial charge in [0.25, 0.3) is 10.7 Å². The number of ether oxygens (including phenoxy) is 1. The van der Waals surface area contributed by atoms with Crippen LogP contribution in [0.3, 0.4) is 0 Å². The molecule has 128 valence electrons. The summed E-state index contributed by atoms with van der Waals surface area (Å²) in [5.74, 6) is 0.717. The Kier molecular flexibility index (Phi) is 5.47. The molecule has 6 nitrogen and oxygen atoms in total. The smallest absolute Gasteiger partial charge is 0.287 e. The Bertz CT molecular complexity index is 907. The van der Waals surface area contributed by atoms with E-state index >= 15 is 0 Å². The second-order valence-electron chi connectivity index (χ2n) is 5.08. The normalized spacial score (nSPS) is 10.4. The van der Waals surface area contributed by atoms with Gasteiger partial charge in [-0.1, -0.05) is 29.8 Å². The van der Waals surface area contributed by atoms with E-state index < -0.39 is 0 Å². The molecule has 0 unspecified atom stereocenters. The maximum absolute atomic E-state index is 12.1. The van der Waals surface area contributed by atoms with E-state index in [2.05, 4.69) is 10.4 Å². The Morgan fingerprint density at radius 2 is 1.92 bits per heavy atom. The summed E-state index contributed by atoms with van der Waals surface area (Å²) in [6, 6.07) is 16.1. The number of carbonyl (C=O) groups excluding carboxylic acids is 1. The number of aromatic nitrogens is 2. The highest BCUT2D eigenvalue weighted by atomic mass is 35.5. The highest BCUT2D eigenvalue weighted by Gasteiger charge is 2.10. The number of carbonyl (C=O) groups is 1. The van der Waals surface area contributed by atoms with Crippen LogP contribution in [0.4, 0.5) is 5.69 Å². The summed E-state index contributed by atoms with van der Waals surface area (Å²) in [5.41, 5.74) is 0.636. The molecule has 3 rings (SSSR count). The van der Waals surface area contributed by atoms with Crippen molar-refractivity contribution in [1.82, 2.24) is 9.78 Å². The molecule has 0 spiro atoms. The molecule has 0 aliphatic heterocycles. The van der Waals surface area contributed by atoms with Crippen LogP contribution in [0, 0.1) is 4.84 Å². The van der Waals surface area contributed by atoms with E-state index in [1.54, 1.807) is 24.3 Å². The molecule has 1 amide bonds. The lowest BCUT2D eigenvalue weighted by molar-refractivity contribution is -0.117. The summed E-state index contributed by atoms with van der Waals surface area (Å²) < 4.78 is 12.2. The Hall–Kier alpha value is -2.64. The van der Waals surface area contributed by atoms with Crippen molar-refractivity contribution in [3.63, 3.8) is 0 Å². The molecular weight excluding hydrogens is 362 g/mol. The van der Waals surface area contributed by atoms with Crippen LogP contribution < -0.4 is 10.1 Å². The molecule has 3 aromatic rings. The van der Waals surface area contributed by atoms with Gasteiger partial charge in [0.15, 0.2) is 6.61 Å². The van der Waals surface area contributed by atoms with Crippen molar-refractivity contribution in [2.75, 3.05) is 5.32 Å². The van der Waals surface area contributed by atoms with Crippen molar-refractivity contribution in [2.24, 2.45) is 0 Å². The minimum Gasteiger partial charge on any atom is -0.484 e. The lowest BCUT2D eigenvalue weighted by atomic mass is 10.3. The average Bonchev–Trinajstić information content (AvgIpc) is 2.96. The third-order valence-electron chi connectivity index (χ3n) is 3.17. The molecular formula is C17H14ClN3O3S. The van der Waals surface area contributed by atoms with Gasteiger partial charge in [0.1, 0.15) is 12.3 Å². The van der Waals surface area contributed by atoms with Gasteiger partial charge in [-0.25, -0.2) is 4.68 Å². The standard InChI is InChI=1S/C17H14ClN3O3S/c18-12-6-8-13(9-7-12)19-15(22)10-21-17(25)24-16(20-21)11-23-14-4-2-1-3-5-14/h1-9H,10-11H2,(H,19,22). The number of nitrogens with zero attached hydrogens (tertiary/aromatic N) is 2. The molecule has 8 heteroatoms. The first-order valence-electron chi connectivity index (χ1n) is 7.40. The second kappa shape index (κ2) is 7.96. The van der Waals surface area contributed by atoms with Crippen LogP contribution in [0.15, 0.2) is 59.0 Å². The predicted molar refractivity (Wildman–Crippen MR) is 96.2 cm³/mol. The third kappa shape index (κ3) is 4.91. The summed E-state index contributed by atoms with van der Waals surface area (Å²) in [5, 5.41) is 7.49. The van der Waals surface area contributed by atoms with Crippen molar-refractivity contribution < 1.29 is 13.9 Å². The number of hydrogen-bond donors (Lipinski definition) is 1. The largest absolute Gasteiger partial charge is 0.484 e. The zero-order chi connectivity index (χ0) is 17.6. The van der Waals surface area contributed by atoms with E-state index in [1.807, 2.05) is 30.3 Å². The van der Waals surface area contributed by atoms with E-state index in [0.29, 0.717) is 22.4 Å². The molecule has 0 aliphatic rings. The maximum Gasteiger partial charge on any atom is 0.287 e. The molecule has 25 heavy (non-hydrogen) atoms. The molecule has 1 N–H and O–H groups in total. The van der Waals surface area contributed by atoms with Gasteiger partial charge in [-0.15, -0.1) is 5.10 Å². The minimum atomic E-state index is -0.276. The molecule has 1 aromatic heterocycles. The Balaban J connectivity index is 1.59. The predicted octanol–water partition coefficient (Wildman–Crippen LogP) is 4.08. The van der Waals surface area contributed by atoms with E-state index in [0.717, 1.165) is 0 Å². The maximum atomic E-state index is 12.1. The first-order chi connectivity index (χ1) is 12.1. The lowest BCUT2D eigenvalue weighted by Gasteiger charge is -2.04. The van der Waals surface area contributed by atoms with Crippen molar-refractivity contribution in [2.45, 2.75) is 13.2 Å². The Morgan fingerprint density at radius 3 is 2.64 bits per heavy atom. The molecule has 0 atom stereocenters. The summed E-state index contributed by atoms with van der Waals surface area (Å²) in [6.45, 7) is 0.0652. The van der Waals surface area contributed by atoms with Gasteiger partial charge in [-0.3, -0.25) is 4.79 Å². The summed E-state index contributed by atoms with van der Waals surface area (Å²) in [7, 11) is 0. The number of halogens is 1. The topological polar surface area (TPSA) is 69.3 Å². The van der Waals surface area contributed by atoms with Crippen LogP contribution in [-0.4, -0.2) is 15.7 Å². The highest BCUT2D eigenvalue weighted by Crippen LogP contribution is 2.14. The van der Waals surface area contributed by atoms with Gasteiger partial charge in [-0.2, -0.15) is 0 Å². The van der Waals surface area contributed by atoms with Gasteiger partial charge in [0.2, 0.25) is 5.91 Å². The van der Waals surface area contributed by atoms with E-state index in [-0.39, 0.29) is 23.9 Å². The molecule has 0 saturated heterocycles. The number of amides is 1. The Labute approximate surface area is 154 Å². The zero-order valence-corrected chi connectivity index (χ0v) is 14.6. The van der Waals surface area contributed by atoms with Crippen LogP contribution >= 0.6 is 23.8 Å². The van der Waals surface area contributed by atoms with Crippen LogP contribution in [0.25, 0.3) is 0 Å². The lowest BCUT2D eigenvalue weighted by Crippen LogP contribution is -2.19. The minimum absolute atomic E-state index is 0.0592. The van der Waals surface area contributed by atoms with E-state index in [1.165, 1.54) is 4.68 Å². The number of rotatable bonds is 6. The highest BCUT2D eigenvalue weighted by molar-refractivity contribution is 7.71. The van der Waals surface area contributed by atoms with Gasteiger partial charge in [0, 0.05) is 10.7 Å². The summed E-state index contributed by atoms with van der Waals surface area (Å²) in [4.78, 5) is 12.2. The second-order valence-corrected chi connectivity index (χ2v) is 5.86. The average molecular weight is 376 g/mol. The number of benzene rings is 2. The van der Waals surface area contributed by atoms with Crippen LogP contribution in [0.2, 0.25) is 5.02 Å². The summed E-state index contributed by atoms with van der Waals surface area (Å²) in [6.07, 6.45) is 0. The quantitative estimate of drug-likeness (QED) is 0.657. The van der Waals surface area contributed by atoms with Gasteiger partial charge >= 0.3 is 0 Å². The monoisotopic (exact) mass is 375 g/mol. The van der Waals surface area contributed by atoms with Crippen molar-refractivity contribution in [1.29, 1.82) is 0 Å². The molecule has 0 radical (unpaired) electrons. The molecule has 1 heterocycles. The fourth-order valence-electron chi connectivity index (χ4n) is 2.04.